The standard InChI is InChI=1S/C20H17N7OS/c1-3-26-17-11-14(23-20(29-2)22-12-21)9-8-13(17)10-18(19(26)28)27-24-15-6-4-5-7-16(15)25-27/h4-11H,3H2,1-2H3,(H,22,23). The van der Waals surface area contributed by atoms with Crippen LogP contribution < -0.4 is 10.9 Å². The summed E-state index contributed by atoms with van der Waals surface area (Å²) < 4.78 is 1.67. The zero-order chi connectivity index (χ0) is 20.4. The third-order valence-electron chi connectivity index (χ3n) is 4.47. The number of aryl methyl sites for hydroxylation is 1. The molecule has 29 heavy (non-hydrogen) atoms. The van der Waals surface area contributed by atoms with Gasteiger partial charge in [-0.05, 0) is 43.5 Å². The van der Waals surface area contributed by atoms with E-state index in [-0.39, 0.29) is 5.56 Å². The number of pyridine rings is 1. The summed E-state index contributed by atoms with van der Waals surface area (Å²) in [5, 5.41) is 21.6. The molecule has 0 aliphatic carbocycles. The Morgan fingerprint density at radius 1 is 1.21 bits per heavy atom. The van der Waals surface area contributed by atoms with E-state index in [1.54, 1.807) is 10.6 Å². The van der Waals surface area contributed by atoms with Gasteiger partial charge in [0.2, 0.25) is 0 Å². The minimum absolute atomic E-state index is 0.179. The van der Waals surface area contributed by atoms with Gasteiger partial charge in [-0.1, -0.05) is 30.0 Å². The lowest BCUT2D eigenvalue weighted by Crippen LogP contribution is -2.25. The molecule has 0 unspecified atom stereocenters. The molecule has 0 saturated heterocycles. The SMILES string of the molecule is CCn1c(=O)c(-n2nc3ccccc3n2)cc2ccc(N=C(NC#N)SC)cc21. The minimum Gasteiger partial charge on any atom is -0.307 e. The summed E-state index contributed by atoms with van der Waals surface area (Å²) in [6.45, 7) is 2.40. The number of hydrogen-bond acceptors (Lipinski definition) is 6. The van der Waals surface area contributed by atoms with E-state index in [2.05, 4.69) is 20.5 Å². The van der Waals surface area contributed by atoms with E-state index in [1.165, 1.54) is 16.6 Å². The number of amidine groups is 1. The van der Waals surface area contributed by atoms with Gasteiger partial charge in [0.1, 0.15) is 11.0 Å². The van der Waals surface area contributed by atoms with Gasteiger partial charge in [0.05, 0.1) is 11.2 Å². The van der Waals surface area contributed by atoms with Crippen molar-refractivity contribution in [3.8, 4) is 11.9 Å². The molecule has 0 bridgehead atoms. The van der Waals surface area contributed by atoms with Gasteiger partial charge >= 0.3 is 0 Å². The summed E-state index contributed by atoms with van der Waals surface area (Å²) in [5.41, 5.74) is 3.09. The average molecular weight is 403 g/mol. The average Bonchev–Trinajstić information content (AvgIpc) is 3.17. The van der Waals surface area contributed by atoms with Crippen molar-refractivity contribution in [2.24, 2.45) is 4.99 Å². The Kier molecular flexibility index (Phi) is 5.01. The fourth-order valence-corrected chi connectivity index (χ4v) is 3.47. The van der Waals surface area contributed by atoms with E-state index in [0.717, 1.165) is 21.9 Å². The van der Waals surface area contributed by atoms with Crippen LogP contribution in [0.4, 0.5) is 5.69 Å². The Morgan fingerprint density at radius 3 is 2.55 bits per heavy atom. The van der Waals surface area contributed by atoms with Gasteiger partial charge < -0.3 is 4.57 Å². The summed E-state index contributed by atoms with van der Waals surface area (Å²) in [6, 6.07) is 14.9. The normalized spacial score (nSPS) is 11.7. The molecule has 4 aromatic rings. The molecule has 0 saturated carbocycles. The number of thioether (sulfide) groups is 1. The second-order valence-corrected chi connectivity index (χ2v) is 6.95. The number of aliphatic imine (C=N–C) groups is 1. The van der Waals surface area contributed by atoms with Gasteiger partial charge in [0.15, 0.2) is 17.0 Å². The number of benzene rings is 2. The van der Waals surface area contributed by atoms with Gasteiger partial charge in [0.25, 0.3) is 5.56 Å². The van der Waals surface area contributed by atoms with Crippen LogP contribution in [0.2, 0.25) is 0 Å². The van der Waals surface area contributed by atoms with Gasteiger partial charge in [-0.2, -0.15) is 5.26 Å². The van der Waals surface area contributed by atoms with Crippen LogP contribution in [-0.2, 0) is 6.54 Å². The summed E-state index contributed by atoms with van der Waals surface area (Å²) in [5.74, 6) is 0. The second kappa shape index (κ2) is 7.77. The fourth-order valence-electron chi connectivity index (χ4n) is 3.13. The van der Waals surface area contributed by atoms with Crippen molar-refractivity contribution in [1.82, 2.24) is 24.9 Å². The van der Waals surface area contributed by atoms with Crippen LogP contribution >= 0.6 is 11.8 Å². The number of nitrogens with zero attached hydrogens (tertiary/aromatic N) is 6. The lowest BCUT2D eigenvalue weighted by Gasteiger charge is -2.11. The first-order valence-electron chi connectivity index (χ1n) is 8.92. The summed E-state index contributed by atoms with van der Waals surface area (Å²) in [4.78, 5) is 19.0. The number of nitriles is 1. The van der Waals surface area contributed by atoms with Crippen molar-refractivity contribution in [2.45, 2.75) is 13.5 Å². The van der Waals surface area contributed by atoms with Crippen LogP contribution in [0.25, 0.3) is 27.6 Å². The van der Waals surface area contributed by atoms with E-state index < -0.39 is 0 Å². The quantitative estimate of drug-likeness (QED) is 0.244. The minimum atomic E-state index is -0.179. The van der Waals surface area contributed by atoms with Gasteiger partial charge in [-0.3, -0.25) is 10.1 Å². The van der Waals surface area contributed by atoms with Crippen LogP contribution in [0.5, 0.6) is 0 Å². The Hall–Kier alpha value is -3.64. The first-order valence-corrected chi connectivity index (χ1v) is 10.1. The molecular weight excluding hydrogens is 386 g/mol. The zero-order valence-electron chi connectivity index (χ0n) is 15.8. The molecule has 2 heterocycles. The lowest BCUT2D eigenvalue weighted by molar-refractivity contribution is 0.708. The number of hydrogen-bond donors (Lipinski definition) is 1. The summed E-state index contributed by atoms with van der Waals surface area (Å²) in [7, 11) is 0. The van der Waals surface area contributed by atoms with Gasteiger partial charge in [-0.25, -0.2) is 4.99 Å². The molecular formula is C20H17N7OS. The zero-order valence-corrected chi connectivity index (χ0v) is 16.6. The van der Waals surface area contributed by atoms with Crippen molar-refractivity contribution in [3.63, 3.8) is 0 Å². The Balaban J connectivity index is 1.89. The van der Waals surface area contributed by atoms with E-state index in [4.69, 9.17) is 5.26 Å². The van der Waals surface area contributed by atoms with Gasteiger partial charge in [-0.15, -0.1) is 15.0 Å². The second-order valence-electron chi connectivity index (χ2n) is 6.16. The third-order valence-corrected chi connectivity index (χ3v) is 5.05. The molecule has 0 amide bonds. The topological polar surface area (TPSA) is 101 Å². The molecule has 0 aliphatic rings. The number of fused-ring (bicyclic) bond motifs is 2. The molecule has 0 fully saturated rings. The number of nitrogens with one attached hydrogen (secondary N) is 1. The first-order chi connectivity index (χ1) is 14.1. The van der Waals surface area contributed by atoms with Crippen molar-refractivity contribution in [2.75, 3.05) is 6.26 Å². The highest BCUT2D eigenvalue weighted by atomic mass is 32.2. The van der Waals surface area contributed by atoms with Crippen molar-refractivity contribution < 1.29 is 0 Å². The largest absolute Gasteiger partial charge is 0.307 e. The summed E-state index contributed by atoms with van der Waals surface area (Å²) >= 11 is 1.34. The predicted molar refractivity (Wildman–Crippen MR) is 116 cm³/mol. The van der Waals surface area contributed by atoms with Crippen LogP contribution in [0, 0.1) is 11.5 Å². The highest BCUT2D eigenvalue weighted by Crippen LogP contribution is 2.23. The van der Waals surface area contributed by atoms with Gasteiger partial charge in [0, 0.05) is 11.9 Å². The molecule has 1 N–H and O–H groups in total. The molecule has 0 spiro atoms. The van der Waals surface area contributed by atoms with Crippen LogP contribution in [0.1, 0.15) is 6.92 Å². The van der Waals surface area contributed by atoms with Crippen LogP contribution in [0.3, 0.4) is 0 Å². The van der Waals surface area contributed by atoms with E-state index in [9.17, 15) is 4.79 Å². The number of rotatable bonds is 3. The molecule has 2 aromatic heterocycles. The van der Waals surface area contributed by atoms with E-state index >= 15 is 0 Å². The molecule has 9 heteroatoms. The lowest BCUT2D eigenvalue weighted by atomic mass is 10.2. The fraction of sp³-hybridized carbons (Fsp3) is 0.150. The van der Waals surface area contributed by atoms with E-state index in [0.29, 0.717) is 23.1 Å². The molecule has 144 valence electrons. The maximum absolute atomic E-state index is 13.2. The van der Waals surface area contributed by atoms with Crippen molar-refractivity contribution in [1.29, 1.82) is 5.26 Å². The molecule has 0 radical (unpaired) electrons. The highest BCUT2D eigenvalue weighted by Gasteiger charge is 2.13. The molecule has 4 rings (SSSR count). The monoisotopic (exact) mass is 403 g/mol. The van der Waals surface area contributed by atoms with Crippen molar-refractivity contribution >= 4 is 44.6 Å². The Labute approximate surface area is 170 Å². The Bertz CT molecular complexity index is 1310. The third kappa shape index (κ3) is 3.46. The van der Waals surface area contributed by atoms with Crippen LogP contribution in [0.15, 0.2) is 58.3 Å². The molecule has 2 aromatic carbocycles. The molecule has 0 aliphatic heterocycles. The van der Waals surface area contributed by atoms with E-state index in [1.807, 2.05) is 61.8 Å². The number of aromatic nitrogens is 4. The molecule has 8 nitrogen and oxygen atoms in total. The maximum Gasteiger partial charge on any atom is 0.278 e. The maximum atomic E-state index is 13.2. The Morgan fingerprint density at radius 2 is 1.93 bits per heavy atom. The highest BCUT2D eigenvalue weighted by molar-refractivity contribution is 8.13. The van der Waals surface area contributed by atoms with Crippen molar-refractivity contribution in [3.05, 3.63) is 58.9 Å². The predicted octanol–water partition coefficient (Wildman–Crippen LogP) is 3.18. The first kappa shape index (κ1) is 18.7. The molecule has 0 atom stereocenters. The smallest absolute Gasteiger partial charge is 0.278 e. The summed E-state index contributed by atoms with van der Waals surface area (Å²) in [6.07, 6.45) is 3.70. The van der Waals surface area contributed by atoms with Crippen LogP contribution in [-0.4, -0.2) is 31.0 Å².